The molecule has 0 spiro atoms. The normalized spacial score (nSPS) is 9.71. The molecule has 2 N–H and O–H groups in total. The molecule has 0 bridgehead atoms. The van der Waals surface area contributed by atoms with E-state index in [2.05, 4.69) is 0 Å². The van der Waals surface area contributed by atoms with Crippen molar-refractivity contribution in [3.8, 4) is 11.8 Å². The molecule has 106 valence electrons. The molecule has 0 aliphatic rings. The number of nitrogens with two attached hydrogens (primary N) is 1. The summed E-state index contributed by atoms with van der Waals surface area (Å²) >= 11 is 0. The highest BCUT2D eigenvalue weighted by Crippen LogP contribution is 2.20. The highest BCUT2D eigenvalue weighted by molar-refractivity contribution is 5.94. The van der Waals surface area contributed by atoms with Gasteiger partial charge < -0.3 is 15.2 Å². The van der Waals surface area contributed by atoms with Gasteiger partial charge in [0.2, 0.25) is 0 Å². The maximum absolute atomic E-state index is 11.9. The van der Waals surface area contributed by atoms with E-state index in [1.54, 1.807) is 42.5 Å². The van der Waals surface area contributed by atoms with Crippen LogP contribution < -0.4 is 10.5 Å². The average molecular weight is 282 g/mol. The smallest absolute Gasteiger partial charge is 0.340 e. The van der Waals surface area contributed by atoms with Gasteiger partial charge in [-0.15, -0.1) is 0 Å². The Labute approximate surface area is 122 Å². The Kier molecular flexibility index (Phi) is 4.42. The van der Waals surface area contributed by atoms with Crippen LogP contribution in [-0.2, 0) is 11.3 Å². The van der Waals surface area contributed by atoms with Crippen molar-refractivity contribution < 1.29 is 14.3 Å². The summed E-state index contributed by atoms with van der Waals surface area (Å²) in [5.74, 6) is -0.0118. The van der Waals surface area contributed by atoms with Gasteiger partial charge in [-0.2, -0.15) is 5.26 Å². The Bertz CT molecular complexity index is 705. The van der Waals surface area contributed by atoms with Crippen LogP contribution in [0.25, 0.3) is 0 Å². The number of nitrogens with zero attached hydrogens (tertiary/aromatic N) is 1. The lowest BCUT2D eigenvalue weighted by Crippen LogP contribution is -2.08. The number of methoxy groups -OCH3 is 1. The summed E-state index contributed by atoms with van der Waals surface area (Å²) in [6.07, 6.45) is 0. The van der Waals surface area contributed by atoms with Crippen LogP contribution in [0.3, 0.4) is 0 Å². The van der Waals surface area contributed by atoms with Gasteiger partial charge in [0.05, 0.1) is 18.2 Å². The molecule has 5 heteroatoms. The van der Waals surface area contributed by atoms with E-state index in [4.69, 9.17) is 20.5 Å². The molecular formula is C16H14N2O3. The number of hydrogen-bond acceptors (Lipinski definition) is 5. The number of carbonyl (C=O) groups is 1. The molecular weight excluding hydrogens is 268 g/mol. The van der Waals surface area contributed by atoms with Crippen LogP contribution in [0.5, 0.6) is 5.75 Å². The van der Waals surface area contributed by atoms with E-state index >= 15 is 0 Å². The van der Waals surface area contributed by atoms with Crippen molar-refractivity contribution in [3.63, 3.8) is 0 Å². The summed E-state index contributed by atoms with van der Waals surface area (Å²) in [5.41, 5.74) is 7.51. The van der Waals surface area contributed by atoms with Gasteiger partial charge in [-0.1, -0.05) is 18.2 Å². The van der Waals surface area contributed by atoms with Crippen molar-refractivity contribution in [1.82, 2.24) is 0 Å². The highest BCUT2D eigenvalue weighted by Gasteiger charge is 2.11. The van der Waals surface area contributed by atoms with E-state index in [0.717, 1.165) is 0 Å². The van der Waals surface area contributed by atoms with Crippen molar-refractivity contribution in [2.75, 3.05) is 12.8 Å². The number of esters is 1. The molecule has 0 heterocycles. The van der Waals surface area contributed by atoms with Crippen molar-refractivity contribution >= 4 is 11.7 Å². The number of hydrogen-bond donors (Lipinski definition) is 1. The zero-order valence-corrected chi connectivity index (χ0v) is 11.5. The van der Waals surface area contributed by atoms with E-state index in [9.17, 15) is 4.79 Å². The number of para-hydroxylation sites is 1. The van der Waals surface area contributed by atoms with Gasteiger partial charge in [-0.25, -0.2) is 4.79 Å². The zero-order chi connectivity index (χ0) is 15.2. The third kappa shape index (κ3) is 3.31. The second-order valence-electron chi connectivity index (χ2n) is 4.31. The average Bonchev–Trinajstić information content (AvgIpc) is 2.52. The number of ether oxygens (including phenoxy) is 2. The van der Waals surface area contributed by atoms with E-state index < -0.39 is 5.97 Å². The van der Waals surface area contributed by atoms with Gasteiger partial charge in [0.25, 0.3) is 0 Å². The Morgan fingerprint density at radius 2 is 2.05 bits per heavy atom. The summed E-state index contributed by atoms with van der Waals surface area (Å²) < 4.78 is 10.3. The molecule has 2 rings (SSSR count). The number of nitriles is 1. The fourth-order valence-electron chi connectivity index (χ4n) is 1.84. The highest BCUT2D eigenvalue weighted by atomic mass is 16.5. The Balaban J connectivity index is 2.09. The molecule has 5 nitrogen and oxygen atoms in total. The van der Waals surface area contributed by atoms with Gasteiger partial charge >= 0.3 is 5.97 Å². The van der Waals surface area contributed by atoms with Crippen LogP contribution in [0.1, 0.15) is 21.5 Å². The Morgan fingerprint density at radius 1 is 1.29 bits per heavy atom. The number of rotatable bonds is 4. The van der Waals surface area contributed by atoms with Crippen LogP contribution in [0, 0.1) is 11.3 Å². The van der Waals surface area contributed by atoms with Crippen molar-refractivity contribution in [3.05, 3.63) is 59.2 Å². The summed E-state index contributed by atoms with van der Waals surface area (Å²) in [4.78, 5) is 11.9. The van der Waals surface area contributed by atoms with Crippen LogP contribution in [-0.4, -0.2) is 13.1 Å². The molecule has 0 atom stereocenters. The molecule has 0 fully saturated rings. The summed E-state index contributed by atoms with van der Waals surface area (Å²) in [7, 11) is 1.49. The SMILES string of the molecule is COc1ccc(COC(=O)c2ccccc2N)cc1C#N. The van der Waals surface area contributed by atoms with Crippen LogP contribution in [0.4, 0.5) is 5.69 Å². The van der Waals surface area contributed by atoms with Crippen LogP contribution >= 0.6 is 0 Å². The molecule has 0 saturated carbocycles. The second kappa shape index (κ2) is 6.44. The predicted octanol–water partition coefficient (Wildman–Crippen LogP) is 2.51. The molecule has 0 aromatic heterocycles. The molecule has 0 radical (unpaired) electrons. The van der Waals surface area contributed by atoms with Gasteiger partial charge in [0.15, 0.2) is 0 Å². The molecule has 2 aromatic rings. The fourth-order valence-corrected chi connectivity index (χ4v) is 1.84. The minimum atomic E-state index is -0.498. The van der Waals surface area contributed by atoms with Crippen molar-refractivity contribution in [2.45, 2.75) is 6.61 Å². The first kappa shape index (κ1) is 14.4. The predicted molar refractivity (Wildman–Crippen MR) is 77.7 cm³/mol. The lowest BCUT2D eigenvalue weighted by Gasteiger charge is -2.08. The minimum absolute atomic E-state index is 0.0614. The molecule has 21 heavy (non-hydrogen) atoms. The van der Waals surface area contributed by atoms with E-state index in [1.165, 1.54) is 7.11 Å². The lowest BCUT2D eigenvalue weighted by atomic mass is 10.1. The zero-order valence-electron chi connectivity index (χ0n) is 11.5. The van der Waals surface area contributed by atoms with E-state index in [-0.39, 0.29) is 6.61 Å². The third-order valence-corrected chi connectivity index (χ3v) is 2.93. The van der Waals surface area contributed by atoms with Gasteiger partial charge in [-0.05, 0) is 29.8 Å². The molecule has 2 aromatic carbocycles. The first-order valence-electron chi connectivity index (χ1n) is 6.24. The molecule has 0 saturated heterocycles. The van der Waals surface area contributed by atoms with E-state index in [1.807, 2.05) is 6.07 Å². The first-order chi connectivity index (χ1) is 10.2. The number of benzene rings is 2. The maximum atomic E-state index is 11.9. The van der Waals surface area contributed by atoms with Gasteiger partial charge in [0.1, 0.15) is 18.4 Å². The molecule has 0 aliphatic carbocycles. The van der Waals surface area contributed by atoms with Crippen molar-refractivity contribution in [2.24, 2.45) is 0 Å². The van der Waals surface area contributed by atoms with Crippen LogP contribution in [0.15, 0.2) is 42.5 Å². The molecule has 0 aliphatic heterocycles. The lowest BCUT2D eigenvalue weighted by molar-refractivity contribution is 0.0474. The quantitative estimate of drug-likeness (QED) is 0.688. The van der Waals surface area contributed by atoms with Crippen LogP contribution in [0.2, 0.25) is 0 Å². The Morgan fingerprint density at radius 3 is 2.71 bits per heavy atom. The molecule has 0 amide bonds. The second-order valence-corrected chi connectivity index (χ2v) is 4.31. The monoisotopic (exact) mass is 282 g/mol. The first-order valence-corrected chi connectivity index (χ1v) is 6.24. The Hall–Kier alpha value is -3.00. The standard InChI is InChI=1S/C16H14N2O3/c1-20-15-7-6-11(8-12(15)9-17)10-21-16(19)13-4-2-3-5-14(13)18/h2-8H,10,18H2,1H3. The maximum Gasteiger partial charge on any atom is 0.340 e. The van der Waals surface area contributed by atoms with Gasteiger partial charge in [-0.3, -0.25) is 0 Å². The topological polar surface area (TPSA) is 85.3 Å². The third-order valence-electron chi connectivity index (χ3n) is 2.93. The summed E-state index contributed by atoms with van der Waals surface area (Å²) in [6.45, 7) is 0.0614. The van der Waals surface area contributed by atoms with Crippen molar-refractivity contribution in [1.29, 1.82) is 5.26 Å². The molecule has 0 unspecified atom stereocenters. The minimum Gasteiger partial charge on any atom is -0.495 e. The summed E-state index contributed by atoms with van der Waals surface area (Å²) in [6, 6.07) is 13.8. The van der Waals surface area contributed by atoms with Gasteiger partial charge in [0, 0.05) is 5.69 Å². The van der Waals surface area contributed by atoms with E-state index in [0.29, 0.717) is 28.1 Å². The fraction of sp³-hybridized carbons (Fsp3) is 0.125. The summed E-state index contributed by atoms with van der Waals surface area (Å²) in [5, 5.41) is 9.01. The number of carbonyl (C=O) groups excluding carboxylic acids is 1. The largest absolute Gasteiger partial charge is 0.495 e. The number of anilines is 1. The number of nitrogen functional groups attached to an aromatic ring is 1.